The molecule has 0 aromatic heterocycles. The lowest BCUT2D eigenvalue weighted by Gasteiger charge is -2.14. The molecule has 0 spiro atoms. The molecule has 20 heavy (non-hydrogen) atoms. The van der Waals surface area contributed by atoms with Gasteiger partial charge in [0.1, 0.15) is 0 Å². The average molecular weight is 268 g/mol. The van der Waals surface area contributed by atoms with Crippen LogP contribution in [0.5, 0.6) is 0 Å². The van der Waals surface area contributed by atoms with E-state index in [4.69, 9.17) is 0 Å². The Hall–Kier alpha value is -1.82. The maximum Gasteiger partial charge on any atom is -0.0146 e. The highest BCUT2D eigenvalue weighted by Crippen LogP contribution is 2.27. The van der Waals surface area contributed by atoms with Gasteiger partial charge < -0.3 is 0 Å². The minimum atomic E-state index is 1.00. The van der Waals surface area contributed by atoms with E-state index in [0.29, 0.717) is 0 Å². The Labute approximate surface area is 125 Å². The molecule has 0 aliphatic rings. The minimum absolute atomic E-state index is 1.00. The summed E-state index contributed by atoms with van der Waals surface area (Å²) in [6, 6.07) is 4.35. The summed E-state index contributed by atoms with van der Waals surface area (Å²) in [4.78, 5) is 0. The first kappa shape index (κ1) is 18.2. The van der Waals surface area contributed by atoms with E-state index in [2.05, 4.69) is 57.4 Å². The van der Waals surface area contributed by atoms with Crippen molar-refractivity contribution < 1.29 is 0 Å². The zero-order valence-electron chi connectivity index (χ0n) is 13.7. The van der Waals surface area contributed by atoms with Gasteiger partial charge in [-0.3, -0.25) is 0 Å². The highest BCUT2D eigenvalue weighted by atomic mass is 14.1. The molecule has 0 N–H and O–H groups in total. The molecule has 0 amide bonds. The zero-order valence-corrected chi connectivity index (χ0v) is 13.7. The maximum absolute atomic E-state index is 3.94. The molecule has 0 heterocycles. The Morgan fingerprint density at radius 3 is 2.30 bits per heavy atom. The summed E-state index contributed by atoms with van der Waals surface area (Å²) in [5.74, 6) is 0. The van der Waals surface area contributed by atoms with Crippen molar-refractivity contribution in [2.75, 3.05) is 0 Å². The first-order valence-corrected chi connectivity index (χ1v) is 7.40. The molecule has 0 saturated heterocycles. The first-order valence-electron chi connectivity index (χ1n) is 7.40. The quantitative estimate of drug-likeness (QED) is 0.544. The highest BCUT2D eigenvalue weighted by molar-refractivity contribution is 5.79. The lowest BCUT2D eigenvalue weighted by Crippen LogP contribution is -1.97. The standard InChI is InChI=1S/C18H22.C2H6/c1-6-10-15(11-7-2)18-13-12-14(5)16(8-3)17(18)9-4;1-2/h6-8,10-13H,1,3,9H2,2,4-5H3;1-2H3/b11-7-,15-10+;. The molecule has 1 aromatic rings. The van der Waals surface area contributed by atoms with E-state index in [1.54, 1.807) is 0 Å². The number of aryl methyl sites for hydroxylation is 1. The normalized spacial score (nSPS) is 10.9. The van der Waals surface area contributed by atoms with Crippen molar-refractivity contribution in [1.29, 1.82) is 0 Å². The molecular formula is C20H28. The van der Waals surface area contributed by atoms with Crippen LogP contribution in [0.25, 0.3) is 11.6 Å². The number of rotatable bonds is 5. The molecule has 0 radical (unpaired) electrons. The van der Waals surface area contributed by atoms with Crippen LogP contribution in [0.15, 0.2) is 49.6 Å². The fourth-order valence-corrected chi connectivity index (χ4v) is 2.26. The van der Waals surface area contributed by atoms with Crippen LogP contribution in [0.4, 0.5) is 0 Å². The van der Waals surface area contributed by atoms with Gasteiger partial charge >= 0.3 is 0 Å². The van der Waals surface area contributed by atoms with Crippen LogP contribution in [-0.2, 0) is 6.42 Å². The van der Waals surface area contributed by atoms with Gasteiger partial charge in [-0.05, 0) is 48.1 Å². The largest absolute Gasteiger partial charge is 0.0990 e. The van der Waals surface area contributed by atoms with E-state index >= 15 is 0 Å². The van der Waals surface area contributed by atoms with Crippen LogP contribution in [0.3, 0.4) is 0 Å². The average Bonchev–Trinajstić information content (AvgIpc) is 2.48. The maximum atomic E-state index is 3.94. The van der Waals surface area contributed by atoms with Gasteiger partial charge in [-0.2, -0.15) is 0 Å². The van der Waals surface area contributed by atoms with Crippen molar-refractivity contribution in [1.82, 2.24) is 0 Å². The van der Waals surface area contributed by atoms with Crippen LogP contribution < -0.4 is 0 Å². The second-order valence-electron chi connectivity index (χ2n) is 4.24. The van der Waals surface area contributed by atoms with Gasteiger partial charge in [0.15, 0.2) is 0 Å². The van der Waals surface area contributed by atoms with Gasteiger partial charge in [-0.15, -0.1) is 0 Å². The van der Waals surface area contributed by atoms with Gasteiger partial charge in [0.2, 0.25) is 0 Å². The number of allylic oxidation sites excluding steroid dienone is 5. The molecule has 0 atom stereocenters. The Morgan fingerprint density at radius 2 is 1.85 bits per heavy atom. The van der Waals surface area contributed by atoms with Crippen molar-refractivity contribution in [2.24, 2.45) is 0 Å². The third-order valence-corrected chi connectivity index (χ3v) is 3.09. The fraction of sp³-hybridized carbons (Fsp3) is 0.300. The fourth-order valence-electron chi connectivity index (χ4n) is 2.26. The summed E-state index contributed by atoms with van der Waals surface area (Å²) in [5.41, 5.74) is 6.37. The molecule has 0 aliphatic heterocycles. The molecule has 108 valence electrons. The number of hydrogen-bond donors (Lipinski definition) is 0. The predicted octanol–water partition coefficient (Wildman–Crippen LogP) is 6.37. The third-order valence-electron chi connectivity index (χ3n) is 3.09. The van der Waals surface area contributed by atoms with Crippen LogP contribution in [0.1, 0.15) is 49.9 Å². The molecule has 0 saturated carbocycles. The molecule has 0 fully saturated rings. The monoisotopic (exact) mass is 268 g/mol. The van der Waals surface area contributed by atoms with E-state index in [9.17, 15) is 0 Å². The summed E-state index contributed by atoms with van der Waals surface area (Å²) >= 11 is 0. The van der Waals surface area contributed by atoms with E-state index < -0.39 is 0 Å². The zero-order chi connectivity index (χ0) is 15.5. The van der Waals surface area contributed by atoms with E-state index in [1.165, 1.54) is 27.8 Å². The second kappa shape index (κ2) is 10.0. The second-order valence-corrected chi connectivity index (χ2v) is 4.24. The smallest absolute Gasteiger partial charge is 0.0146 e. The summed E-state index contributed by atoms with van der Waals surface area (Å²) < 4.78 is 0. The van der Waals surface area contributed by atoms with E-state index in [1.807, 2.05) is 32.9 Å². The van der Waals surface area contributed by atoms with Crippen LogP contribution >= 0.6 is 0 Å². The van der Waals surface area contributed by atoms with Crippen LogP contribution in [0.2, 0.25) is 0 Å². The van der Waals surface area contributed by atoms with Crippen molar-refractivity contribution in [3.8, 4) is 0 Å². The topological polar surface area (TPSA) is 0 Å². The molecule has 1 aromatic carbocycles. The number of benzene rings is 1. The van der Waals surface area contributed by atoms with Gasteiger partial charge in [-0.1, -0.05) is 76.4 Å². The van der Waals surface area contributed by atoms with Gasteiger partial charge in [0.25, 0.3) is 0 Å². The summed E-state index contributed by atoms with van der Waals surface area (Å²) in [6.07, 6.45) is 11.0. The van der Waals surface area contributed by atoms with Crippen molar-refractivity contribution in [3.63, 3.8) is 0 Å². The Balaban J connectivity index is 0.00000172. The molecule has 0 heteroatoms. The van der Waals surface area contributed by atoms with Crippen molar-refractivity contribution in [3.05, 3.63) is 71.8 Å². The lowest BCUT2D eigenvalue weighted by molar-refractivity contribution is 1.11. The molecule has 0 aliphatic carbocycles. The minimum Gasteiger partial charge on any atom is -0.0990 e. The first-order chi connectivity index (χ1) is 9.69. The molecule has 0 nitrogen and oxygen atoms in total. The van der Waals surface area contributed by atoms with Crippen LogP contribution in [-0.4, -0.2) is 0 Å². The summed E-state index contributed by atoms with van der Waals surface area (Å²) in [6.45, 7) is 18.1. The molecule has 1 rings (SSSR count). The van der Waals surface area contributed by atoms with Crippen molar-refractivity contribution >= 4 is 11.6 Å². The summed E-state index contributed by atoms with van der Waals surface area (Å²) in [5, 5.41) is 0. The molecular weight excluding hydrogens is 240 g/mol. The van der Waals surface area contributed by atoms with Gasteiger partial charge in [0.05, 0.1) is 0 Å². The van der Waals surface area contributed by atoms with Crippen LogP contribution in [0, 0.1) is 6.92 Å². The highest BCUT2D eigenvalue weighted by Gasteiger charge is 2.09. The van der Waals surface area contributed by atoms with Gasteiger partial charge in [0, 0.05) is 0 Å². The number of hydrogen-bond acceptors (Lipinski definition) is 0. The third kappa shape index (κ3) is 4.38. The van der Waals surface area contributed by atoms with E-state index in [0.717, 1.165) is 6.42 Å². The Morgan fingerprint density at radius 1 is 1.20 bits per heavy atom. The molecule has 0 unspecified atom stereocenters. The Bertz CT molecular complexity index is 499. The van der Waals surface area contributed by atoms with E-state index in [-0.39, 0.29) is 0 Å². The Kier molecular flexibility index (Phi) is 9.11. The SMILES string of the molecule is C=C/C=C(\C=C/C)c1ccc(C)c(C=C)c1CC.CC. The lowest BCUT2D eigenvalue weighted by atomic mass is 9.90. The molecule has 0 bridgehead atoms. The van der Waals surface area contributed by atoms with Crippen molar-refractivity contribution in [2.45, 2.75) is 41.0 Å². The van der Waals surface area contributed by atoms with Gasteiger partial charge in [-0.25, -0.2) is 0 Å². The predicted molar refractivity (Wildman–Crippen MR) is 95.0 cm³/mol. The summed E-state index contributed by atoms with van der Waals surface area (Å²) in [7, 11) is 0.